The lowest BCUT2D eigenvalue weighted by Crippen LogP contribution is -2.31. The molecule has 1 heterocycles. The van der Waals surface area contributed by atoms with Crippen molar-refractivity contribution in [2.75, 3.05) is 13.1 Å². The summed E-state index contributed by atoms with van der Waals surface area (Å²) < 4.78 is 13.4. The van der Waals surface area contributed by atoms with Crippen molar-refractivity contribution in [3.63, 3.8) is 0 Å². The number of hydrogen-bond donors (Lipinski definition) is 2. The fraction of sp³-hybridized carbons (Fsp3) is 0.500. The molecule has 1 atom stereocenters. The summed E-state index contributed by atoms with van der Waals surface area (Å²) in [5, 5.41) is 13.3. The first-order valence-corrected chi connectivity index (χ1v) is 5.42. The summed E-state index contributed by atoms with van der Waals surface area (Å²) in [5.74, 6) is -0.119. The topological polar surface area (TPSA) is 32.3 Å². The number of aliphatic hydroxyl groups is 1. The lowest BCUT2D eigenvalue weighted by molar-refractivity contribution is 0.0856. The van der Waals surface area contributed by atoms with Crippen molar-refractivity contribution in [1.29, 1.82) is 0 Å². The maximum absolute atomic E-state index is 13.4. The molecular weight excluding hydrogens is 193 g/mol. The van der Waals surface area contributed by atoms with Gasteiger partial charge in [-0.05, 0) is 37.9 Å². The second kappa shape index (κ2) is 4.73. The van der Waals surface area contributed by atoms with Crippen molar-refractivity contribution in [3.8, 4) is 0 Å². The van der Waals surface area contributed by atoms with Crippen LogP contribution >= 0.6 is 0 Å². The molecule has 1 aromatic rings. The first-order chi connectivity index (χ1) is 7.29. The van der Waals surface area contributed by atoms with Crippen LogP contribution in [0.4, 0.5) is 4.39 Å². The van der Waals surface area contributed by atoms with E-state index in [1.807, 2.05) is 0 Å². The Hall–Kier alpha value is -0.930. The number of aliphatic hydroxyl groups excluding tert-OH is 1. The zero-order valence-electron chi connectivity index (χ0n) is 8.62. The summed E-state index contributed by atoms with van der Waals surface area (Å²) in [6, 6.07) is 6.48. The highest BCUT2D eigenvalue weighted by molar-refractivity contribution is 5.20. The van der Waals surface area contributed by atoms with Crippen LogP contribution < -0.4 is 5.32 Å². The van der Waals surface area contributed by atoms with Crippen molar-refractivity contribution in [1.82, 2.24) is 5.32 Å². The maximum atomic E-state index is 13.4. The van der Waals surface area contributed by atoms with E-state index in [0.29, 0.717) is 5.56 Å². The van der Waals surface area contributed by atoms with Gasteiger partial charge in [-0.2, -0.15) is 0 Å². The van der Waals surface area contributed by atoms with Gasteiger partial charge >= 0.3 is 0 Å². The molecule has 3 heteroatoms. The molecule has 0 amide bonds. The van der Waals surface area contributed by atoms with Crippen molar-refractivity contribution in [2.24, 2.45) is 5.92 Å². The number of rotatable bonds is 2. The van der Waals surface area contributed by atoms with E-state index in [9.17, 15) is 9.50 Å². The van der Waals surface area contributed by atoms with Crippen LogP contribution in [0.15, 0.2) is 24.3 Å². The lowest BCUT2D eigenvalue weighted by atomic mass is 9.88. The molecule has 2 N–H and O–H groups in total. The SMILES string of the molecule is OC(c1ccccc1F)C1CCNCC1. The molecular formula is C12H16FNO. The Morgan fingerprint density at radius 3 is 2.60 bits per heavy atom. The Morgan fingerprint density at radius 1 is 1.27 bits per heavy atom. The van der Waals surface area contributed by atoms with Gasteiger partial charge in [-0.1, -0.05) is 18.2 Å². The Bertz CT molecular complexity index is 323. The van der Waals surface area contributed by atoms with E-state index < -0.39 is 6.10 Å². The minimum Gasteiger partial charge on any atom is -0.388 e. The quantitative estimate of drug-likeness (QED) is 0.779. The van der Waals surface area contributed by atoms with Crippen LogP contribution in [0.5, 0.6) is 0 Å². The van der Waals surface area contributed by atoms with Gasteiger partial charge in [0.25, 0.3) is 0 Å². The average molecular weight is 209 g/mol. The fourth-order valence-electron chi connectivity index (χ4n) is 2.13. The molecule has 1 aliphatic heterocycles. The molecule has 1 aliphatic rings. The summed E-state index contributed by atoms with van der Waals surface area (Å²) in [6.07, 6.45) is 1.17. The third-order valence-corrected chi connectivity index (χ3v) is 3.05. The van der Waals surface area contributed by atoms with Gasteiger partial charge in [0.1, 0.15) is 5.82 Å². The molecule has 0 spiro atoms. The van der Waals surface area contributed by atoms with E-state index in [0.717, 1.165) is 25.9 Å². The van der Waals surface area contributed by atoms with Crippen molar-refractivity contribution < 1.29 is 9.50 Å². The molecule has 0 saturated carbocycles. The number of hydrogen-bond acceptors (Lipinski definition) is 2. The largest absolute Gasteiger partial charge is 0.388 e. The fourth-order valence-corrected chi connectivity index (χ4v) is 2.13. The molecule has 1 fully saturated rings. The summed E-state index contributed by atoms with van der Waals surface area (Å²) in [6.45, 7) is 1.83. The zero-order valence-corrected chi connectivity index (χ0v) is 8.62. The van der Waals surface area contributed by atoms with E-state index >= 15 is 0 Å². The summed E-state index contributed by atoms with van der Waals surface area (Å²) in [7, 11) is 0. The van der Waals surface area contributed by atoms with Gasteiger partial charge in [-0.15, -0.1) is 0 Å². The lowest BCUT2D eigenvalue weighted by Gasteiger charge is -2.27. The molecule has 0 bridgehead atoms. The van der Waals surface area contributed by atoms with Gasteiger partial charge in [0.2, 0.25) is 0 Å². The van der Waals surface area contributed by atoms with Crippen LogP contribution in [0.1, 0.15) is 24.5 Å². The van der Waals surface area contributed by atoms with Crippen LogP contribution in [-0.2, 0) is 0 Å². The number of benzene rings is 1. The first kappa shape index (κ1) is 10.6. The van der Waals surface area contributed by atoms with E-state index in [4.69, 9.17) is 0 Å². The smallest absolute Gasteiger partial charge is 0.129 e. The minimum absolute atomic E-state index is 0.183. The molecule has 1 saturated heterocycles. The normalized spacial score (nSPS) is 20.1. The van der Waals surface area contributed by atoms with Gasteiger partial charge < -0.3 is 10.4 Å². The highest BCUT2D eigenvalue weighted by Crippen LogP contribution is 2.29. The third kappa shape index (κ3) is 2.36. The van der Waals surface area contributed by atoms with Gasteiger partial charge in [0, 0.05) is 5.56 Å². The third-order valence-electron chi connectivity index (χ3n) is 3.05. The molecule has 2 rings (SSSR count). The van der Waals surface area contributed by atoms with E-state index in [1.165, 1.54) is 6.07 Å². The molecule has 2 nitrogen and oxygen atoms in total. The minimum atomic E-state index is -0.659. The maximum Gasteiger partial charge on any atom is 0.129 e. The number of halogens is 1. The molecule has 1 unspecified atom stereocenters. The standard InChI is InChI=1S/C12H16FNO/c13-11-4-2-1-3-10(11)12(15)9-5-7-14-8-6-9/h1-4,9,12,14-15H,5-8H2. The second-order valence-corrected chi connectivity index (χ2v) is 4.05. The predicted octanol–water partition coefficient (Wildman–Crippen LogP) is 1.86. The van der Waals surface area contributed by atoms with Crippen LogP contribution in [0.2, 0.25) is 0 Å². The number of nitrogens with one attached hydrogen (secondary N) is 1. The monoisotopic (exact) mass is 209 g/mol. The first-order valence-electron chi connectivity index (χ1n) is 5.42. The Morgan fingerprint density at radius 2 is 1.93 bits per heavy atom. The van der Waals surface area contributed by atoms with Crippen molar-refractivity contribution in [2.45, 2.75) is 18.9 Å². The van der Waals surface area contributed by atoms with Crippen LogP contribution in [0, 0.1) is 11.7 Å². The van der Waals surface area contributed by atoms with E-state index in [2.05, 4.69) is 5.32 Å². The Balaban J connectivity index is 2.12. The summed E-state index contributed by atoms with van der Waals surface area (Å²) >= 11 is 0. The molecule has 15 heavy (non-hydrogen) atoms. The van der Waals surface area contributed by atoms with Crippen LogP contribution in [-0.4, -0.2) is 18.2 Å². The highest BCUT2D eigenvalue weighted by atomic mass is 19.1. The zero-order chi connectivity index (χ0) is 10.7. The average Bonchev–Trinajstić information content (AvgIpc) is 2.30. The van der Waals surface area contributed by atoms with E-state index in [1.54, 1.807) is 18.2 Å². The van der Waals surface area contributed by atoms with Crippen molar-refractivity contribution >= 4 is 0 Å². The van der Waals surface area contributed by atoms with Gasteiger partial charge in [0.15, 0.2) is 0 Å². The highest BCUT2D eigenvalue weighted by Gasteiger charge is 2.24. The van der Waals surface area contributed by atoms with Crippen LogP contribution in [0.3, 0.4) is 0 Å². The second-order valence-electron chi connectivity index (χ2n) is 4.05. The number of piperidine rings is 1. The van der Waals surface area contributed by atoms with Crippen molar-refractivity contribution in [3.05, 3.63) is 35.6 Å². The predicted molar refractivity (Wildman–Crippen MR) is 57.0 cm³/mol. The molecule has 0 aromatic heterocycles. The van der Waals surface area contributed by atoms with Gasteiger partial charge in [-0.3, -0.25) is 0 Å². The summed E-state index contributed by atoms with van der Waals surface area (Å²) in [4.78, 5) is 0. The van der Waals surface area contributed by atoms with Gasteiger partial charge in [-0.25, -0.2) is 4.39 Å². The van der Waals surface area contributed by atoms with Gasteiger partial charge in [0.05, 0.1) is 6.10 Å². The Kier molecular flexibility index (Phi) is 3.34. The summed E-state index contributed by atoms with van der Waals surface area (Å²) in [5.41, 5.74) is 0.435. The van der Waals surface area contributed by atoms with Crippen LogP contribution in [0.25, 0.3) is 0 Å². The van der Waals surface area contributed by atoms with E-state index in [-0.39, 0.29) is 11.7 Å². The molecule has 0 radical (unpaired) electrons. The molecule has 1 aromatic carbocycles. The molecule has 82 valence electrons. The molecule has 0 aliphatic carbocycles. The Labute approximate surface area is 89.1 Å².